The summed E-state index contributed by atoms with van der Waals surface area (Å²) in [6.45, 7) is 2.51. The number of methoxy groups -OCH3 is 1. The van der Waals surface area contributed by atoms with Gasteiger partial charge in [-0.05, 0) is 19.8 Å². The van der Waals surface area contributed by atoms with Crippen molar-refractivity contribution in [2.45, 2.75) is 25.8 Å². The molecular formula is C15H20N6O4. The zero-order chi connectivity index (χ0) is 18.0. The summed E-state index contributed by atoms with van der Waals surface area (Å²) in [6, 6.07) is -0.351. The largest absolute Gasteiger partial charge is 0.479 e. The highest BCUT2D eigenvalue weighted by Crippen LogP contribution is 2.34. The number of aromatic amines is 1. The molecule has 134 valence electrons. The molecule has 0 radical (unpaired) electrons. The third-order valence-electron chi connectivity index (χ3n) is 4.09. The quantitative estimate of drug-likeness (QED) is 0.791. The average molecular weight is 348 g/mol. The number of hydrogen-bond acceptors (Lipinski definition) is 7. The van der Waals surface area contributed by atoms with Gasteiger partial charge in [0.15, 0.2) is 5.69 Å². The molecule has 1 fully saturated rings. The van der Waals surface area contributed by atoms with Crippen molar-refractivity contribution in [3.8, 4) is 5.88 Å². The molecule has 3 rings (SSSR count). The normalized spacial score (nSPS) is 16.9. The van der Waals surface area contributed by atoms with Crippen molar-refractivity contribution in [1.29, 1.82) is 0 Å². The Balaban J connectivity index is 1.90. The van der Waals surface area contributed by atoms with Crippen molar-refractivity contribution in [2.75, 3.05) is 20.3 Å². The van der Waals surface area contributed by atoms with E-state index < -0.39 is 5.97 Å². The Morgan fingerprint density at radius 2 is 2.20 bits per heavy atom. The summed E-state index contributed by atoms with van der Waals surface area (Å²) in [6.07, 6.45) is 3.10. The fourth-order valence-electron chi connectivity index (χ4n) is 3.04. The highest BCUT2D eigenvalue weighted by atomic mass is 16.5. The third-order valence-corrected chi connectivity index (χ3v) is 4.09. The van der Waals surface area contributed by atoms with E-state index in [9.17, 15) is 9.59 Å². The Labute approximate surface area is 144 Å². The summed E-state index contributed by atoms with van der Waals surface area (Å²) >= 11 is 0. The van der Waals surface area contributed by atoms with E-state index in [0.29, 0.717) is 24.2 Å². The molecule has 1 unspecified atom stereocenters. The standard InChI is InChI=1S/C15H20N6O4/c1-4-25-15(23)12-11(16-19-17-12)10-6-5-7-21(10)14(22)9-8-20(2)18-13(9)24-3/h8,10H,4-7H2,1-3H3,(H,16,17,19). The van der Waals surface area contributed by atoms with Crippen molar-refractivity contribution in [2.24, 2.45) is 7.05 Å². The summed E-state index contributed by atoms with van der Waals surface area (Å²) in [7, 11) is 3.19. The van der Waals surface area contributed by atoms with Crippen LogP contribution >= 0.6 is 0 Å². The fourth-order valence-corrected chi connectivity index (χ4v) is 3.04. The molecule has 0 spiro atoms. The molecule has 1 aliphatic heterocycles. The van der Waals surface area contributed by atoms with Crippen LogP contribution < -0.4 is 4.74 Å². The molecule has 0 bridgehead atoms. The maximum atomic E-state index is 13.0. The molecule has 1 saturated heterocycles. The number of H-pyrrole nitrogens is 1. The maximum absolute atomic E-state index is 13.0. The van der Waals surface area contributed by atoms with Gasteiger partial charge in [-0.3, -0.25) is 9.48 Å². The number of amides is 1. The van der Waals surface area contributed by atoms with Crippen LogP contribution in [0.25, 0.3) is 0 Å². The molecular weight excluding hydrogens is 328 g/mol. The Morgan fingerprint density at radius 1 is 1.40 bits per heavy atom. The van der Waals surface area contributed by atoms with Crippen molar-refractivity contribution in [3.63, 3.8) is 0 Å². The van der Waals surface area contributed by atoms with E-state index >= 15 is 0 Å². The number of carbonyl (C=O) groups is 2. The number of carbonyl (C=O) groups excluding carboxylic acids is 2. The minimum absolute atomic E-state index is 0.115. The molecule has 3 heterocycles. The van der Waals surface area contributed by atoms with Crippen molar-refractivity contribution >= 4 is 11.9 Å². The van der Waals surface area contributed by atoms with Crippen LogP contribution in [0.5, 0.6) is 5.88 Å². The number of rotatable bonds is 5. The van der Waals surface area contributed by atoms with E-state index in [2.05, 4.69) is 20.5 Å². The molecule has 10 heteroatoms. The first kappa shape index (κ1) is 16.9. The van der Waals surface area contributed by atoms with Crippen LogP contribution in [0, 0.1) is 0 Å². The van der Waals surface area contributed by atoms with Crippen molar-refractivity contribution < 1.29 is 19.1 Å². The lowest BCUT2D eigenvalue weighted by Crippen LogP contribution is -2.31. The van der Waals surface area contributed by atoms with E-state index in [1.165, 1.54) is 11.8 Å². The Kier molecular flexibility index (Phi) is 4.68. The summed E-state index contributed by atoms with van der Waals surface area (Å²) < 4.78 is 11.7. The van der Waals surface area contributed by atoms with Crippen LogP contribution in [0.4, 0.5) is 0 Å². The van der Waals surface area contributed by atoms with E-state index in [1.807, 2.05) is 0 Å². The number of aromatic nitrogens is 5. The molecule has 0 saturated carbocycles. The van der Waals surface area contributed by atoms with Crippen molar-refractivity contribution in [1.82, 2.24) is 30.1 Å². The topological polar surface area (TPSA) is 115 Å². The van der Waals surface area contributed by atoms with Gasteiger partial charge in [-0.1, -0.05) is 0 Å². The van der Waals surface area contributed by atoms with Crippen molar-refractivity contribution in [3.05, 3.63) is 23.1 Å². The molecule has 1 aliphatic rings. The van der Waals surface area contributed by atoms with E-state index in [-0.39, 0.29) is 30.1 Å². The van der Waals surface area contributed by atoms with E-state index in [1.54, 1.807) is 25.1 Å². The maximum Gasteiger partial charge on any atom is 0.360 e. The minimum Gasteiger partial charge on any atom is -0.479 e. The van der Waals surface area contributed by atoms with Crippen LogP contribution in [0.3, 0.4) is 0 Å². The van der Waals surface area contributed by atoms with Gasteiger partial charge in [-0.25, -0.2) is 4.79 Å². The van der Waals surface area contributed by atoms with Gasteiger partial charge >= 0.3 is 5.97 Å². The second-order valence-electron chi connectivity index (χ2n) is 5.66. The fraction of sp³-hybridized carbons (Fsp3) is 0.533. The molecule has 0 aromatic carbocycles. The molecule has 0 aliphatic carbocycles. The summed E-state index contributed by atoms with van der Waals surface area (Å²) in [5, 5.41) is 14.6. The number of esters is 1. The minimum atomic E-state index is -0.551. The SMILES string of the molecule is CCOC(=O)c1n[nH]nc1C1CCCN1C(=O)c1cn(C)nc1OC. The Hall–Kier alpha value is -2.91. The first-order valence-electron chi connectivity index (χ1n) is 8.03. The van der Waals surface area contributed by atoms with Gasteiger partial charge in [0.2, 0.25) is 5.88 Å². The third kappa shape index (κ3) is 3.06. The lowest BCUT2D eigenvalue weighted by atomic mass is 10.1. The van der Waals surface area contributed by atoms with E-state index in [0.717, 1.165) is 6.42 Å². The van der Waals surface area contributed by atoms with Crippen LogP contribution in [0.2, 0.25) is 0 Å². The number of likely N-dealkylation sites (tertiary alicyclic amines) is 1. The van der Waals surface area contributed by atoms with Crippen LogP contribution in [0.15, 0.2) is 6.20 Å². The predicted molar refractivity (Wildman–Crippen MR) is 85.1 cm³/mol. The smallest absolute Gasteiger partial charge is 0.360 e. The summed E-state index contributed by atoms with van der Waals surface area (Å²) in [5.74, 6) is -0.501. The Morgan fingerprint density at radius 3 is 2.92 bits per heavy atom. The lowest BCUT2D eigenvalue weighted by Gasteiger charge is -2.23. The van der Waals surface area contributed by atoms with Gasteiger partial charge in [0.25, 0.3) is 5.91 Å². The average Bonchev–Trinajstić information content (AvgIpc) is 3.32. The number of ether oxygens (including phenoxy) is 2. The second-order valence-corrected chi connectivity index (χ2v) is 5.66. The number of hydrogen-bond donors (Lipinski definition) is 1. The molecule has 2 aromatic heterocycles. The lowest BCUT2D eigenvalue weighted by molar-refractivity contribution is 0.0512. The van der Waals surface area contributed by atoms with Gasteiger partial charge in [-0.2, -0.15) is 10.3 Å². The summed E-state index contributed by atoms with van der Waals surface area (Å²) in [5.41, 5.74) is 0.912. The van der Waals surface area contributed by atoms with E-state index in [4.69, 9.17) is 9.47 Å². The van der Waals surface area contributed by atoms with Crippen LogP contribution in [0.1, 0.15) is 52.3 Å². The highest BCUT2D eigenvalue weighted by molar-refractivity contribution is 5.97. The molecule has 25 heavy (non-hydrogen) atoms. The van der Waals surface area contributed by atoms with Gasteiger partial charge < -0.3 is 14.4 Å². The molecule has 1 atom stereocenters. The zero-order valence-corrected chi connectivity index (χ0v) is 14.4. The number of nitrogens with one attached hydrogen (secondary N) is 1. The molecule has 1 amide bonds. The van der Waals surface area contributed by atoms with Gasteiger partial charge in [0.05, 0.1) is 19.8 Å². The summed E-state index contributed by atoms with van der Waals surface area (Å²) in [4.78, 5) is 26.7. The highest BCUT2D eigenvalue weighted by Gasteiger charge is 2.37. The van der Waals surface area contributed by atoms with Gasteiger partial charge in [-0.15, -0.1) is 10.2 Å². The first-order valence-corrected chi connectivity index (χ1v) is 8.03. The number of nitrogens with zero attached hydrogens (tertiary/aromatic N) is 5. The monoisotopic (exact) mass is 348 g/mol. The predicted octanol–water partition coefficient (Wildman–Crippen LogP) is 0.701. The zero-order valence-electron chi connectivity index (χ0n) is 14.4. The van der Waals surface area contributed by atoms with Gasteiger partial charge in [0.1, 0.15) is 11.3 Å². The molecule has 1 N–H and O–H groups in total. The Bertz CT molecular complexity index is 783. The second kappa shape index (κ2) is 6.91. The van der Waals surface area contributed by atoms with Gasteiger partial charge in [0, 0.05) is 19.8 Å². The number of aryl methyl sites for hydroxylation is 1. The molecule has 2 aromatic rings. The molecule has 10 nitrogen and oxygen atoms in total. The van der Waals surface area contributed by atoms with Crippen LogP contribution in [-0.4, -0.2) is 62.2 Å². The first-order chi connectivity index (χ1) is 12.1. The van der Waals surface area contributed by atoms with Crippen LogP contribution in [-0.2, 0) is 11.8 Å².